The maximum atomic E-state index is 12.9. The molecule has 0 bridgehead atoms. The van der Waals surface area contributed by atoms with Crippen molar-refractivity contribution in [2.75, 3.05) is 5.32 Å². The highest BCUT2D eigenvalue weighted by Gasteiger charge is 2.21. The molecular weight excluding hydrogens is 410 g/mol. The summed E-state index contributed by atoms with van der Waals surface area (Å²) in [7, 11) is 0. The number of nitrogens with one attached hydrogen (secondary N) is 1. The zero-order valence-corrected chi connectivity index (χ0v) is 17.4. The molecule has 1 amide bonds. The Kier molecular flexibility index (Phi) is 4.76. The van der Waals surface area contributed by atoms with Crippen molar-refractivity contribution in [1.82, 2.24) is 19.3 Å². The van der Waals surface area contributed by atoms with E-state index >= 15 is 0 Å². The summed E-state index contributed by atoms with van der Waals surface area (Å²) >= 11 is 6.50. The number of hydrogen-bond acceptors (Lipinski definition) is 3. The number of rotatable bonds is 4. The summed E-state index contributed by atoms with van der Waals surface area (Å²) in [6, 6.07) is 25.0. The lowest BCUT2D eigenvalue weighted by Gasteiger charge is -2.08. The van der Waals surface area contributed by atoms with Crippen molar-refractivity contribution in [3.8, 4) is 11.4 Å². The second-order valence-corrected chi connectivity index (χ2v) is 7.46. The van der Waals surface area contributed by atoms with Crippen LogP contribution in [0.1, 0.15) is 16.1 Å². The molecule has 31 heavy (non-hydrogen) atoms. The van der Waals surface area contributed by atoms with E-state index in [-0.39, 0.29) is 11.1 Å². The number of nitrogens with zero attached hydrogens (tertiary/aromatic N) is 4. The molecular formula is C24H18ClN5O. The fourth-order valence-electron chi connectivity index (χ4n) is 3.56. The lowest BCUT2D eigenvalue weighted by Crippen LogP contribution is -2.13. The second-order valence-electron chi connectivity index (χ2n) is 7.10. The van der Waals surface area contributed by atoms with Gasteiger partial charge in [0.05, 0.1) is 22.4 Å². The van der Waals surface area contributed by atoms with E-state index in [0.717, 1.165) is 22.4 Å². The highest BCUT2D eigenvalue weighted by atomic mass is 35.5. The quantitative estimate of drug-likeness (QED) is 0.416. The Hall–Kier alpha value is -3.90. The number of carbonyl (C=O) groups is 1. The number of fused-ring (bicyclic) bond motifs is 1. The van der Waals surface area contributed by atoms with Crippen LogP contribution in [0.3, 0.4) is 0 Å². The van der Waals surface area contributed by atoms with E-state index in [2.05, 4.69) is 15.4 Å². The van der Waals surface area contributed by atoms with E-state index in [1.807, 2.05) is 83.4 Å². The van der Waals surface area contributed by atoms with Crippen molar-refractivity contribution in [3.05, 3.63) is 102 Å². The van der Waals surface area contributed by atoms with Crippen LogP contribution in [0, 0.1) is 6.92 Å². The average Bonchev–Trinajstić information content (AvgIpc) is 3.35. The van der Waals surface area contributed by atoms with Crippen molar-refractivity contribution >= 4 is 34.2 Å². The third kappa shape index (κ3) is 3.47. The van der Waals surface area contributed by atoms with Crippen molar-refractivity contribution < 1.29 is 4.79 Å². The van der Waals surface area contributed by atoms with Gasteiger partial charge in [-0.15, -0.1) is 0 Å². The average molecular weight is 428 g/mol. The van der Waals surface area contributed by atoms with Crippen LogP contribution >= 0.6 is 11.6 Å². The zero-order chi connectivity index (χ0) is 21.4. The van der Waals surface area contributed by atoms with Crippen molar-refractivity contribution in [2.24, 2.45) is 0 Å². The first-order valence-corrected chi connectivity index (χ1v) is 10.1. The fourth-order valence-corrected chi connectivity index (χ4v) is 3.92. The molecule has 0 aliphatic rings. The van der Waals surface area contributed by atoms with E-state index in [9.17, 15) is 4.79 Å². The van der Waals surface area contributed by atoms with E-state index in [0.29, 0.717) is 16.9 Å². The number of imidazole rings is 1. The van der Waals surface area contributed by atoms with Crippen LogP contribution < -0.4 is 5.32 Å². The topological polar surface area (TPSA) is 64.7 Å². The molecule has 1 N–H and O–H groups in total. The molecule has 0 aliphatic heterocycles. The first-order valence-electron chi connectivity index (χ1n) is 9.76. The fraction of sp³-hybridized carbons (Fsp3) is 0.0417. The number of aryl methyl sites for hydroxylation is 1. The molecule has 3 aromatic carbocycles. The van der Waals surface area contributed by atoms with Crippen LogP contribution in [0.5, 0.6) is 0 Å². The summed E-state index contributed by atoms with van der Waals surface area (Å²) in [5.41, 5.74) is 5.30. The van der Waals surface area contributed by atoms with Gasteiger partial charge in [0.25, 0.3) is 5.91 Å². The third-order valence-corrected chi connectivity index (χ3v) is 5.44. The van der Waals surface area contributed by atoms with Crippen LogP contribution in [0.2, 0.25) is 5.15 Å². The van der Waals surface area contributed by atoms with Gasteiger partial charge in [0.15, 0.2) is 0 Å². The standard InChI is InChI=1S/C24H18ClN5O/c1-16-22(23(25)30(28-16)19-7-3-2-4-8-19)24(31)27-17-11-13-18(14-12-17)29-15-26-20-9-5-6-10-21(20)29/h2-15H,1H3,(H,27,31). The van der Waals surface area contributed by atoms with Gasteiger partial charge in [-0.1, -0.05) is 41.9 Å². The number of hydrogen-bond donors (Lipinski definition) is 1. The van der Waals surface area contributed by atoms with E-state index in [1.54, 1.807) is 17.9 Å². The molecule has 0 radical (unpaired) electrons. The highest BCUT2D eigenvalue weighted by molar-refractivity contribution is 6.34. The van der Waals surface area contributed by atoms with Gasteiger partial charge >= 0.3 is 0 Å². The van der Waals surface area contributed by atoms with Crippen LogP contribution in [0.4, 0.5) is 5.69 Å². The van der Waals surface area contributed by atoms with Crippen LogP contribution in [-0.2, 0) is 0 Å². The Labute approximate surface area is 183 Å². The lowest BCUT2D eigenvalue weighted by atomic mass is 10.2. The molecule has 0 saturated heterocycles. The Morgan fingerprint density at radius 3 is 2.39 bits per heavy atom. The Balaban J connectivity index is 1.40. The lowest BCUT2D eigenvalue weighted by molar-refractivity contribution is 0.102. The van der Waals surface area contributed by atoms with E-state index < -0.39 is 0 Å². The summed E-state index contributed by atoms with van der Waals surface area (Å²) in [6.07, 6.45) is 1.79. The summed E-state index contributed by atoms with van der Waals surface area (Å²) in [6.45, 7) is 1.77. The van der Waals surface area contributed by atoms with Gasteiger partial charge in [0.2, 0.25) is 0 Å². The van der Waals surface area contributed by atoms with Gasteiger partial charge in [-0.3, -0.25) is 9.36 Å². The molecule has 152 valence electrons. The van der Waals surface area contributed by atoms with Gasteiger partial charge < -0.3 is 5.32 Å². The van der Waals surface area contributed by atoms with Crippen molar-refractivity contribution in [1.29, 1.82) is 0 Å². The van der Waals surface area contributed by atoms with Gasteiger partial charge in [-0.2, -0.15) is 5.10 Å². The maximum Gasteiger partial charge on any atom is 0.260 e. The van der Waals surface area contributed by atoms with Gasteiger partial charge in [-0.25, -0.2) is 9.67 Å². The largest absolute Gasteiger partial charge is 0.322 e. The molecule has 7 heteroatoms. The normalized spacial score (nSPS) is 11.0. The summed E-state index contributed by atoms with van der Waals surface area (Å²) in [4.78, 5) is 17.3. The van der Waals surface area contributed by atoms with Crippen LogP contribution in [-0.4, -0.2) is 25.2 Å². The molecule has 0 fully saturated rings. The first-order chi connectivity index (χ1) is 15.1. The maximum absolute atomic E-state index is 12.9. The minimum Gasteiger partial charge on any atom is -0.322 e. The highest BCUT2D eigenvalue weighted by Crippen LogP contribution is 2.25. The van der Waals surface area contributed by atoms with Gasteiger partial charge in [0.1, 0.15) is 17.0 Å². The number of benzene rings is 3. The predicted molar refractivity (Wildman–Crippen MR) is 122 cm³/mol. The number of halogens is 1. The van der Waals surface area contributed by atoms with Crippen LogP contribution in [0.15, 0.2) is 85.2 Å². The summed E-state index contributed by atoms with van der Waals surface area (Å²) in [5.74, 6) is -0.300. The second kappa shape index (κ2) is 7.74. The molecule has 2 aromatic heterocycles. The van der Waals surface area contributed by atoms with Gasteiger partial charge in [-0.05, 0) is 55.5 Å². The smallest absolute Gasteiger partial charge is 0.260 e. The SMILES string of the molecule is Cc1nn(-c2ccccc2)c(Cl)c1C(=O)Nc1ccc(-n2cnc3ccccc32)cc1. The monoisotopic (exact) mass is 427 g/mol. The third-order valence-electron chi connectivity index (χ3n) is 5.09. The molecule has 0 aliphatic carbocycles. The molecule has 5 aromatic rings. The minimum atomic E-state index is -0.300. The number of carbonyl (C=O) groups excluding carboxylic acids is 1. The molecule has 2 heterocycles. The summed E-state index contributed by atoms with van der Waals surface area (Å²) < 4.78 is 3.57. The number of aromatic nitrogens is 4. The Morgan fingerprint density at radius 2 is 1.61 bits per heavy atom. The molecule has 0 spiro atoms. The van der Waals surface area contributed by atoms with Crippen molar-refractivity contribution in [3.63, 3.8) is 0 Å². The van der Waals surface area contributed by atoms with Crippen molar-refractivity contribution in [2.45, 2.75) is 6.92 Å². The molecule has 6 nitrogen and oxygen atoms in total. The molecule has 0 atom stereocenters. The van der Waals surface area contributed by atoms with Crippen LogP contribution in [0.25, 0.3) is 22.4 Å². The Bertz CT molecular complexity index is 1390. The molecule has 0 unspecified atom stereocenters. The summed E-state index contributed by atoms with van der Waals surface area (Å²) in [5, 5.41) is 7.63. The Morgan fingerprint density at radius 1 is 0.903 bits per heavy atom. The van der Waals surface area contributed by atoms with Gasteiger partial charge in [0, 0.05) is 11.4 Å². The molecule has 0 saturated carbocycles. The number of para-hydroxylation sites is 3. The van der Waals surface area contributed by atoms with E-state index in [1.165, 1.54) is 0 Å². The number of amides is 1. The predicted octanol–water partition coefficient (Wildman–Crippen LogP) is 5.43. The number of anilines is 1. The molecule has 5 rings (SSSR count). The van der Waals surface area contributed by atoms with E-state index in [4.69, 9.17) is 11.6 Å². The minimum absolute atomic E-state index is 0.280. The first kappa shape index (κ1) is 19.1. The zero-order valence-electron chi connectivity index (χ0n) is 16.7.